The molecule has 21 heavy (non-hydrogen) atoms. The first-order valence-corrected chi connectivity index (χ1v) is 10.1. The normalized spacial score (nSPS) is 22.1. The van der Waals surface area contributed by atoms with Gasteiger partial charge in [0.05, 0.1) is 11.5 Å². The van der Waals surface area contributed by atoms with Crippen molar-refractivity contribution in [2.24, 2.45) is 0 Å². The Hall–Kier alpha value is -1.18. The number of hydrogen-bond acceptors (Lipinski definition) is 4. The molecule has 0 N–H and O–H groups in total. The van der Waals surface area contributed by atoms with Crippen LogP contribution in [0.1, 0.15) is 18.9 Å². The summed E-state index contributed by atoms with van der Waals surface area (Å²) >= 11 is 0. The zero-order valence-electron chi connectivity index (χ0n) is 11.8. The fraction of sp³-hybridized carbons (Fsp3) is 0.429. The minimum atomic E-state index is -3.62. The Morgan fingerprint density at radius 1 is 1.29 bits per heavy atom. The first kappa shape index (κ1) is 16.2. The maximum absolute atomic E-state index is 12.4. The number of rotatable bonds is 5. The van der Waals surface area contributed by atoms with Crippen LogP contribution in [-0.4, -0.2) is 45.2 Å². The van der Waals surface area contributed by atoms with Crippen LogP contribution in [0.15, 0.2) is 35.7 Å². The molecule has 0 saturated carbocycles. The van der Waals surface area contributed by atoms with Crippen molar-refractivity contribution in [1.82, 2.24) is 4.31 Å². The summed E-state index contributed by atoms with van der Waals surface area (Å²) in [6, 6.07) is 8.67. The summed E-state index contributed by atoms with van der Waals surface area (Å²) in [7, 11) is -6.72. The van der Waals surface area contributed by atoms with Gasteiger partial charge >= 0.3 is 0 Å². The van der Waals surface area contributed by atoms with Gasteiger partial charge in [0.1, 0.15) is 0 Å². The van der Waals surface area contributed by atoms with Gasteiger partial charge in [0.2, 0.25) is 10.0 Å². The summed E-state index contributed by atoms with van der Waals surface area (Å²) in [6.07, 6.45) is 1.90. The molecule has 1 aromatic carbocycles. The Kier molecular flexibility index (Phi) is 4.85. The molecule has 2 rings (SSSR count). The van der Waals surface area contributed by atoms with Gasteiger partial charge in [-0.2, -0.15) is 4.31 Å². The first-order chi connectivity index (χ1) is 9.84. The van der Waals surface area contributed by atoms with Gasteiger partial charge in [-0.05, 0) is 18.1 Å². The van der Waals surface area contributed by atoms with E-state index in [0.29, 0.717) is 6.42 Å². The summed E-state index contributed by atoms with van der Waals surface area (Å²) in [4.78, 5) is 0. The van der Waals surface area contributed by atoms with E-state index in [1.807, 2.05) is 30.3 Å². The van der Waals surface area contributed by atoms with Crippen molar-refractivity contribution < 1.29 is 16.8 Å². The van der Waals surface area contributed by atoms with Crippen molar-refractivity contribution in [2.45, 2.75) is 19.4 Å². The van der Waals surface area contributed by atoms with E-state index in [9.17, 15) is 16.8 Å². The highest BCUT2D eigenvalue weighted by molar-refractivity contribution is 7.93. The van der Waals surface area contributed by atoms with Crippen molar-refractivity contribution in [3.8, 4) is 0 Å². The van der Waals surface area contributed by atoms with Crippen LogP contribution in [0.2, 0.25) is 0 Å². The van der Waals surface area contributed by atoms with Crippen molar-refractivity contribution in [2.75, 3.05) is 18.1 Å². The molecule has 0 aromatic heterocycles. The summed E-state index contributed by atoms with van der Waals surface area (Å²) in [6.45, 7) is 1.99. The van der Waals surface area contributed by atoms with Crippen molar-refractivity contribution in [3.05, 3.63) is 41.3 Å². The fourth-order valence-corrected chi connectivity index (χ4v) is 5.72. The smallest absolute Gasteiger partial charge is 0.229 e. The van der Waals surface area contributed by atoms with E-state index in [4.69, 9.17) is 0 Å². The predicted octanol–water partition coefficient (Wildman–Crippen LogP) is 1.50. The molecular formula is C14H19NO4S2. The number of hydrogen-bond donors (Lipinski definition) is 0. The zero-order chi connectivity index (χ0) is 15.5. The highest BCUT2D eigenvalue weighted by Gasteiger charge is 2.36. The zero-order valence-corrected chi connectivity index (χ0v) is 13.5. The molecule has 1 fully saturated rings. The van der Waals surface area contributed by atoms with E-state index in [-0.39, 0.29) is 18.1 Å². The topological polar surface area (TPSA) is 71.5 Å². The van der Waals surface area contributed by atoms with E-state index in [1.54, 1.807) is 6.92 Å². The molecule has 0 amide bonds. The number of benzene rings is 1. The lowest BCUT2D eigenvalue weighted by molar-refractivity contribution is 0.359. The Balaban J connectivity index is 2.19. The summed E-state index contributed by atoms with van der Waals surface area (Å²) in [5.74, 6) is -0.0225. The number of sulfone groups is 1. The third-order valence-electron chi connectivity index (χ3n) is 3.49. The predicted molar refractivity (Wildman–Crippen MR) is 83.8 cm³/mol. The van der Waals surface area contributed by atoms with Gasteiger partial charge < -0.3 is 0 Å². The van der Waals surface area contributed by atoms with E-state index in [1.165, 1.54) is 10.4 Å². The minimum absolute atomic E-state index is 0.0616. The van der Waals surface area contributed by atoms with Crippen LogP contribution in [0.25, 0.3) is 6.08 Å². The summed E-state index contributed by atoms with van der Waals surface area (Å²) < 4.78 is 49.1. The molecule has 1 aliphatic heterocycles. The third kappa shape index (κ3) is 4.15. The van der Waals surface area contributed by atoms with E-state index >= 15 is 0 Å². The van der Waals surface area contributed by atoms with E-state index in [0.717, 1.165) is 11.0 Å². The average molecular weight is 329 g/mol. The van der Waals surface area contributed by atoms with Crippen LogP contribution >= 0.6 is 0 Å². The third-order valence-corrected chi connectivity index (χ3v) is 6.93. The molecule has 1 unspecified atom stereocenters. The van der Waals surface area contributed by atoms with Crippen LogP contribution in [0.5, 0.6) is 0 Å². The van der Waals surface area contributed by atoms with Crippen molar-refractivity contribution >= 4 is 25.9 Å². The second-order valence-electron chi connectivity index (χ2n) is 5.02. The Morgan fingerprint density at radius 3 is 2.48 bits per heavy atom. The van der Waals surface area contributed by atoms with Crippen LogP contribution in [-0.2, 0) is 19.9 Å². The minimum Gasteiger partial charge on any atom is -0.229 e. The Morgan fingerprint density at radius 2 is 1.95 bits per heavy atom. The van der Waals surface area contributed by atoms with Crippen LogP contribution < -0.4 is 0 Å². The van der Waals surface area contributed by atoms with Gasteiger partial charge in [0.25, 0.3) is 0 Å². The van der Waals surface area contributed by atoms with Crippen molar-refractivity contribution in [3.63, 3.8) is 0 Å². The molecule has 0 bridgehead atoms. The fourth-order valence-electron chi connectivity index (χ4n) is 2.46. The second kappa shape index (κ2) is 6.29. The average Bonchev–Trinajstić information content (AvgIpc) is 2.78. The quantitative estimate of drug-likeness (QED) is 0.820. The maximum Gasteiger partial charge on any atom is 0.236 e. The molecule has 116 valence electrons. The van der Waals surface area contributed by atoms with Crippen LogP contribution in [0.4, 0.5) is 0 Å². The highest BCUT2D eigenvalue weighted by Crippen LogP contribution is 2.21. The molecule has 1 aliphatic rings. The Bertz CT molecular complexity index is 709. The largest absolute Gasteiger partial charge is 0.236 e. The monoisotopic (exact) mass is 329 g/mol. The van der Waals surface area contributed by atoms with Gasteiger partial charge in [-0.3, -0.25) is 0 Å². The van der Waals surface area contributed by atoms with Gasteiger partial charge in [-0.25, -0.2) is 16.8 Å². The molecule has 0 aliphatic carbocycles. The Labute approximate surface area is 126 Å². The summed E-state index contributed by atoms with van der Waals surface area (Å²) in [5.41, 5.74) is 0.788. The van der Waals surface area contributed by atoms with Gasteiger partial charge in [0, 0.05) is 18.0 Å². The van der Waals surface area contributed by atoms with Crippen LogP contribution in [0, 0.1) is 0 Å². The standard InChI is InChI=1S/C14H19NO4S2/c1-2-15(14-9-10-20(16,17)12-14)21(18,19)11-8-13-6-4-3-5-7-13/h3-8,11,14H,2,9-10,12H2,1H3/b11-8+. The van der Waals surface area contributed by atoms with Gasteiger partial charge in [-0.15, -0.1) is 0 Å². The van der Waals surface area contributed by atoms with E-state index in [2.05, 4.69) is 0 Å². The SMILES string of the molecule is CCN(C1CCS(=O)(=O)C1)S(=O)(=O)/C=C/c1ccccc1. The van der Waals surface area contributed by atoms with Gasteiger partial charge in [0.15, 0.2) is 9.84 Å². The summed E-state index contributed by atoms with van der Waals surface area (Å²) in [5, 5.41) is 1.15. The molecule has 0 spiro atoms. The molecular weight excluding hydrogens is 310 g/mol. The lowest BCUT2D eigenvalue weighted by Crippen LogP contribution is -2.39. The first-order valence-electron chi connectivity index (χ1n) is 6.79. The lowest BCUT2D eigenvalue weighted by atomic mass is 10.2. The molecule has 5 nitrogen and oxygen atoms in total. The molecule has 1 aromatic rings. The van der Waals surface area contributed by atoms with Crippen molar-refractivity contribution in [1.29, 1.82) is 0 Å². The second-order valence-corrected chi connectivity index (χ2v) is 9.02. The lowest BCUT2D eigenvalue weighted by Gasteiger charge is -2.24. The van der Waals surface area contributed by atoms with E-state index < -0.39 is 25.9 Å². The van der Waals surface area contributed by atoms with Gasteiger partial charge in [-0.1, -0.05) is 37.3 Å². The number of nitrogens with zero attached hydrogens (tertiary/aromatic N) is 1. The highest BCUT2D eigenvalue weighted by atomic mass is 32.2. The molecule has 1 saturated heterocycles. The number of sulfonamides is 1. The molecule has 1 atom stereocenters. The maximum atomic E-state index is 12.4. The molecule has 1 heterocycles. The molecule has 7 heteroatoms. The van der Waals surface area contributed by atoms with Crippen LogP contribution in [0.3, 0.4) is 0 Å². The molecule has 0 radical (unpaired) electrons.